The normalized spacial score (nSPS) is 30.1. The number of sulfonamides is 1. The molecule has 4 nitrogen and oxygen atoms in total. The summed E-state index contributed by atoms with van der Waals surface area (Å²) < 4.78 is 27.0. The largest absolute Gasteiger partial charge is 0.313 e. The van der Waals surface area contributed by atoms with Crippen molar-refractivity contribution in [2.45, 2.75) is 57.5 Å². The number of halogens is 1. The Labute approximate surface area is 117 Å². The zero-order valence-electron chi connectivity index (χ0n) is 11.0. The van der Waals surface area contributed by atoms with Crippen molar-refractivity contribution in [3.05, 3.63) is 0 Å². The van der Waals surface area contributed by atoms with Crippen molar-refractivity contribution < 1.29 is 8.42 Å². The minimum absolute atomic E-state index is 0. The monoisotopic (exact) mass is 296 g/mol. The van der Waals surface area contributed by atoms with Crippen LogP contribution in [0.25, 0.3) is 0 Å². The van der Waals surface area contributed by atoms with E-state index in [4.69, 9.17) is 0 Å². The van der Waals surface area contributed by atoms with Crippen molar-refractivity contribution in [3.8, 4) is 0 Å². The summed E-state index contributed by atoms with van der Waals surface area (Å²) in [7, 11) is -3.09. The molecule has 0 amide bonds. The number of nitrogens with one attached hydrogen (secondary N) is 2. The van der Waals surface area contributed by atoms with Crippen LogP contribution in [0.1, 0.15) is 45.4 Å². The molecule has 108 valence electrons. The maximum atomic E-state index is 12.1. The van der Waals surface area contributed by atoms with Crippen LogP contribution in [0.4, 0.5) is 0 Å². The van der Waals surface area contributed by atoms with E-state index in [9.17, 15) is 8.42 Å². The maximum Gasteiger partial charge on any atom is 0.212 e. The summed E-state index contributed by atoms with van der Waals surface area (Å²) in [6.07, 6.45) is 6.57. The summed E-state index contributed by atoms with van der Waals surface area (Å²) in [5.74, 6) is 0.718. The van der Waals surface area contributed by atoms with E-state index in [0.29, 0.717) is 11.7 Å². The van der Waals surface area contributed by atoms with Gasteiger partial charge < -0.3 is 5.32 Å². The molecule has 1 heterocycles. The fraction of sp³-hybridized carbons (Fsp3) is 1.00. The van der Waals surface area contributed by atoms with Crippen molar-refractivity contribution in [2.24, 2.45) is 5.92 Å². The Morgan fingerprint density at radius 3 is 2.44 bits per heavy atom. The van der Waals surface area contributed by atoms with Gasteiger partial charge in [0.2, 0.25) is 10.0 Å². The zero-order chi connectivity index (χ0) is 12.3. The summed E-state index contributed by atoms with van der Waals surface area (Å²) >= 11 is 0. The molecule has 0 aromatic heterocycles. The Bertz CT molecular complexity index is 342. The predicted molar refractivity (Wildman–Crippen MR) is 76.6 cm³/mol. The van der Waals surface area contributed by atoms with Crippen LogP contribution in [0.5, 0.6) is 0 Å². The molecule has 2 N–H and O–H groups in total. The lowest BCUT2D eigenvalue weighted by molar-refractivity contribution is 0.348. The predicted octanol–water partition coefficient (Wildman–Crippen LogP) is 1.66. The van der Waals surface area contributed by atoms with Gasteiger partial charge >= 0.3 is 0 Å². The van der Waals surface area contributed by atoms with Crippen LogP contribution in [-0.4, -0.2) is 32.8 Å². The molecule has 2 rings (SSSR count). The van der Waals surface area contributed by atoms with Crippen molar-refractivity contribution in [3.63, 3.8) is 0 Å². The van der Waals surface area contributed by atoms with Crippen molar-refractivity contribution in [1.82, 2.24) is 10.0 Å². The first-order chi connectivity index (χ1) is 8.07. The summed E-state index contributed by atoms with van der Waals surface area (Å²) in [5.41, 5.74) is 0. The second-order valence-corrected chi connectivity index (χ2v) is 7.34. The highest BCUT2D eigenvalue weighted by molar-refractivity contribution is 7.89. The van der Waals surface area contributed by atoms with Gasteiger partial charge in [-0.3, -0.25) is 0 Å². The second-order valence-electron chi connectivity index (χ2n) is 5.54. The molecule has 1 saturated heterocycles. The minimum Gasteiger partial charge on any atom is -0.313 e. The molecule has 2 unspecified atom stereocenters. The van der Waals surface area contributed by atoms with Gasteiger partial charge in [0.15, 0.2) is 0 Å². The Balaban J connectivity index is 0.00000162. The molecular weight excluding hydrogens is 272 g/mol. The van der Waals surface area contributed by atoms with Crippen LogP contribution in [0, 0.1) is 5.92 Å². The zero-order valence-corrected chi connectivity index (χ0v) is 12.7. The van der Waals surface area contributed by atoms with E-state index in [1.54, 1.807) is 0 Å². The van der Waals surface area contributed by atoms with Crippen LogP contribution in [-0.2, 0) is 10.0 Å². The molecule has 2 atom stereocenters. The van der Waals surface area contributed by atoms with E-state index in [2.05, 4.69) is 17.0 Å². The molecule has 18 heavy (non-hydrogen) atoms. The molecule has 0 spiro atoms. The summed E-state index contributed by atoms with van der Waals surface area (Å²) in [6.45, 7) is 3.06. The summed E-state index contributed by atoms with van der Waals surface area (Å²) in [6, 6.07) is 0.331. The van der Waals surface area contributed by atoms with Gasteiger partial charge in [-0.15, -0.1) is 12.4 Å². The molecule has 2 aliphatic rings. The van der Waals surface area contributed by atoms with Crippen molar-refractivity contribution in [2.75, 3.05) is 12.3 Å². The number of rotatable bonds is 4. The van der Waals surface area contributed by atoms with Crippen LogP contribution in [0.15, 0.2) is 0 Å². The van der Waals surface area contributed by atoms with Crippen LogP contribution in [0.3, 0.4) is 0 Å². The summed E-state index contributed by atoms with van der Waals surface area (Å²) in [4.78, 5) is 0. The molecule has 0 radical (unpaired) electrons. The van der Waals surface area contributed by atoms with E-state index in [1.165, 1.54) is 12.8 Å². The van der Waals surface area contributed by atoms with Gasteiger partial charge in [0.05, 0.1) is 5.75 Å². The first-order valence-electron chi connectivity index (χ1n) is 6.80. The van der Waals surface area contributed by atoms with Crippen LogP contribution < -0.4 is 10.0 Å². The highest BCUT2D eigenvalue weighted by Crippen LogP contribution is 2.26. The van der Waals surface area contributed by atoms with Gasteiger partial charge in [0, 0.05) is 12.1 Å². The van der Waals surface area contributed by atoms with Crippen molar-refractivity contribution in [1.29, 1.82) is 0 Å². The number of piperidine rings is 1. The molecule has 0 aromatic rings. The Hall–Kier alpha value is 0.160. The quantitative estimate of drug-likeness (QED) is 0.829. The third kappa shape index (κ3) is 4.68. The molecule has 2 fully saturated rings. The van der Waals surface area contributed by atoms with Crippen molar-refractivity contribution >= 4 is 22.4 Å². The number of hydrogen-bond donors (Lipinski definition) is 2. The van der Waals surface area contributed by atoms with Crippen LogP contribution in [0.2, 0.25) is 0 Å². The molecule has 0 aromatic carbocycles. The Kier molecular flexibility index (Phi) is 6.38. The van der Waals surface area contributed by atoms with Gasteiger partial charge in [-0.05, 0) is 45.1 Å². The smallest absolute Gasteiger partial charge is 0.212 e. The standard InChI is InChI=1S/C12H24N2O2S.ClH/c1-10-12(7-4-8-13-10)14-17(15,16)9-11-5-2-3-6-11;/h10-14H,2-9H2,1H3;1H. The lowest BCUT2D eigenvalue weighted by atomic mass is 10.0. The molecule has 1 aliphatic heterocycles. The van der Waals surface area contributed by atoms with E-state index in [0.717, 1.165) is 32.2 Å². The van der Waals surface area contributed by atoms with E-state index >= 15 is 0 Å². The van der Waals surface area contributed by atoms with Gasteiger partial charge in [-0.25, -0.2) is 13.1 Å². The highest BCUT2D eigenvalue weighted by Gasteiger charge is 2.28. The van der Waals surface area contributed by atoms with Gasteiger partial charge in [-0.1, -0.05) is 12.8 Å². The van der Waals surface area contributed by atoms with E-state index < -0.39 is 10.0 Å². The first-order valence-corrected chi connectivity index (χ1v) is 8.45. The molecule has 6 heteroatoms. The van der Waals surface area contributed by atoms with Crippen LogP contribution >= 0.6 is 12.4 Å². The summed E-state index contributed by atoms with van der Waals surface area (Å²) in [5, 5.41) is 3.32. The SMILES string of the molecule is CC1NCCCC1NS(=O)(=O)CC1CCCC1.Cl. The lowest BCUT2D eigenvalue weighted by Crippen LogP contribution is -2.52. The first kappa shape index (κ1) is 16.2. The van der Waals surface area contributed by atoms with Gasteiger partial charge in [0.25, 0.3) is 0 Å². The van der Waals surface area contributed by atoms with Gasteiger partial charge in [-0.2, -0.15) is 0 Å². The Morgan fingerprint density at radius 2 is 1.83 bits per heavy atom. The average Bonchev–Trinajstić information content (AvgIpc) is 2.73. The third-order valence-corrected chi connectivity index (χ3v) is 5.59. The van der Waals surface area contributed by atoms with Gasteiger partial charge in [0.1, 0.15) is 0 Å². The molecule has 0 bridgehead atoms. The topological polar surface area (TPSA) is 58.2 Å². The number of hydrogen-bond acceptors (Lipinski definition) is 3. The average molecular weight is 297 g/mol. The minimum atomic E-state index is -3.09. The third-order valence-electron chi connectivity index (χ3n) is 4.02. The van der Waals surface area contributed by atoms with E-state index in [-0.39, 0.29) is 24.5 Å². The lowest BCUT2D eigenvalue weighted by Gasteiger charge is -2.30. The fourth-order valence-corrected chi connectivity index (χ4v) is 4.80. The Morgan fingerprint density at radius 1 is 1.17 bits per heavy atom. The van der Waals surface area contributed by atoms with E-state index in [1.807, 2.05) is 0 Å². The fourth-order valence-electron chi connectivity index (χ4n) is 2.97. The molecular formula is C12H25ClN2O2S. The molecule has 1 saturated carbocycles. The second kappa shape index (κ2) is 7.08. The highest BCUT2D eigenvalue weighted by atomic mass is 35.5. The maximum absolute atomic E-state index is 12.1. The molecule has 1 aliphatic carbocycles.